The molecule has 0 saturated carbocycles. The summed E-state index contributed by atoms with van der Waals surface area (Å²) >= 11 is 7.54. The van der Waals surface area contributed by atoms with Crippen LogP contribution in [0.3, 0.4) is 0 Å². The van der Waals surface area contributed by atoms with Crippen LogP contribution in [0.2, 0.25) is 0 Å². The Kier molecular flexibility index (Phi) is 6.45. The summed E-state index contributed by atoms with van der Waals surface area (Å²) < 4.78 is 5.88. The molecule has 35 heavy (non-hydrogen) atoms. The Balaban J connectivity index is 1.64. The van der Waals surface area contributed by atoms with Crippen LogP contribution < -0.4 is 10.2 Å². The highest BCUT2D eigenvalue weighted by atomic mass is 32.2. The van der Waals surface area contributed by atoms with E-state index in [1.54, 1.807) is 11.8 Å². The van der Waals surface area contributed by atoms with Crippen LogP contribution in [-0.4, -0.2) is 21.5 Å². The van der Waals surface area contributed by atoms with Gasteiger partial charge in [-0.15, -0.1) is 11.8 Å². The number of nitrogens with zero attached hydrogens (tertiary/aromatic N) is 3. The minimum atomic E-state index is -0.214. The third kappa shape index (κ3) is 4.49. The topological polar surface area (TPSA) is 54.2 Å². The van der Waals surface area contributed by atoms with Gasteiger partial charge in [-0.3, -0.25) is 4.90 Å². The Labute approximate surface area is 215 Å². The van der Waals surface area contributed by atoms with E-state index < -0.39 is 0 Å². The first-order valence-corrected chi connectivity index (χ1v) is 13.0. The average molecular weight is 499 g/mol. The maximum Gasteiger partial charge on any atom is 0.258 e. The number of para-hydroxylation sites is 1. The lowest BCUT2D eigenvalue weighted by Crippen LogP contribution is -2.46. The van der Waals surface area contributed by atoms with Crippen molar-refractivity contribution in [1.82, 2.24) is 15.5 Å². The molecule has 2 heterocycles. The summed E-state index contributed by atoms with van der Waals surface area (Å²) in [6.45, 7) is 6.29. The molecule has 0 amide bonds. The van der Waals surface area contributed by atoms with Crippen molar-refractivity contribution >= 4 is 40.4 Å². The van der Waals surface area contributed by atoms with E-state index in [2.05, 4.69) is 67.8 Å². The van der Waals surface area contributed by atoms with Crippen LogP contribution in [0, 0.1) is 13.8 Å². The van der Waals surface area contributed by atoms with Crippen molar-refractivity contribution in [3.8, 4) is 11.4 Å². The van der Waals surface area contributed by atoms with Crippen molar-refractivity contribution in [2.24, 2.45) is 0 Å². The summed E-state index contributed by atoms with van der Waals surface area (Å²) in [7, 11) is 0. The van der Waals surface area contributed by atoms with Crippen molar-refractivity contribution in [3.63, 3.8) is 0 Å². The molecule has 0 bridgehead atoms. The van der Waals surface area contributed by atoms with Crippen LogP contribution in [0.25, 0.3) is 17.0 Å². The highest BCUT2D eigenvalue weighted by Crippen LogP contribution is 2.39. The lowest BCUT2D eigenvalue weighted by Gasteiger charge is -2.37. The monoisotopic (exact) mass is 498 g/mol. The van der Waals surface area contributed by atoms with Crippen molar-refractivity contribution in [1.29, 1.82) is 0 Å². The number of hydrogen-bond acceptors (Lipinski definition) is 5. The van der Waals surface area contributed by atoms with Crippen LogP contribution in [0.4, 0.5) is 5.69 Å². The molecule has 0 saturated heterocycles. The third-order valence-corrected chi connectivity index (χ3v) is 7.41. The Hall–Kier alpha value is -3.42. The number of anilines is 1. The number of aromatic nitrogens is 2. The van der Waals surface area contributed by atoms with Gasteiger partial charge in [0.1, 0.15) is 0 Å². The molecule has 1 unspecified atom stereocenters. The first kappa shape index (κ1) is 23.3. The number of allylic oxidation sites excluding steroid dienone is 1. The normalized spacial score (nSPS) is 15.9. The number of thioether (sulfide) groups is 1. The van der Waals surface area contributed by atoms with Gasteiger partial charge in [0.05, 0.1) is 11.6 Å². The molecule has 1 aliphatic heterocycles. The van der Waals surface area contributed by atoms with Gasteiger partial charge in [0.15, 0.2) is 5.11 Å². The number of thiocarbonyl (C=S) groups is 1. The molecule has 7 heteroatoms. The summed E-state index contributed by atoms with van der Waals surface area (Å²) in [5.41, 5.74) is 7.32. The second kappa shape index (κ2) is 9.68. The lowest BCUT2D eigenvalue weighted by molar-refractivity contribution is 0.404. The van der Waals surface area contributed by atoms with E-state index in [9.17, 15) is 0 Å². The van der Waals surface area contributed by atoms with Gasteiger partial charge in [0.2, 0.25) is 5.82 Å². The molecule has 4 aromatic rings. The highest BCUT2D eigenvalue weighted by Gasteiger charge is 2.34. The first-order chi connectivity index (χ1) is 17.0. The van der Waals surface area contributed by atoms with Crippen LogP contribution in [-0.2, 0) is 0 Å². The molecule has 1 atom stereocenters. The Bertz CT molecular complexity index is 1410. The predicted octanol–water partition coefficient (Wildman–Crippen LogP) is 6.94. The van der Waals surface area contributed by atoms with Gasteiger partial charge in [-0.2, -0.15) is 4.98 Å². The van der Waals surface area contributed by atoms with Crippen molar-refractivity contribution < 1.29 is 4.52 Å². The summed E-state index contributed by atoms with van der Waals surface area (Å²) in [6.07, 6.45) is 2.06. The van der Waals surface area contributed by atoms with Crippen LogP contribution in [0.1, 0.15) is 35.5 Å². The van der Waals surface area contributed by atoms with E-state index in [-0.39, 0.29) is 6.04 Å². The van der Waals surface area contributed by atoms with E-state index in [1.165, 1.54) is 16.0 Å². The number of nitrogens with one attached hydrogen (secondary N) is 1. The molecular formula is C28H26N4OS2. The molecule has 1 aromatic heterocycles. The predicted molar refractivity (Wildman–Crippen MR) is 147 cm³/mol. The molecule has 0 fully saturated rings. The molecule has 1 aliphatic rings. The fourth-order valence-corrected chi connectivity index (χ4v) is 5.06. The van der Waals surface area contributed by atoms with Crippen LogP contribution in [0.5, 0.6) is 0 Å². The summed E-state index contributed by atoms with van der Waals surface area (Å²) in [6, 6.07) is 24.5. The zero-order valence-corrected chi connectivity index (χ0v) is 21.7. The Morgan fingerprint density at radius 1 is 0.943 bits per heavy atom. The largest absolute Gasteiger partial charge is 0.351 e. The first-order valence-electron chi connectivity index (χ1n) is 11.4. The smallest absolute Gasteiger partial charge is 0.258 e. The quantitative estimate of drug-likeness (QED) is 0.236. The van der Waals surface area contributed by atoms with Gasteiger partial charge in [-0.05, 0) is 92.3 Å². The van der Waals surface area contributed by atoms with Gasteiger partial charge < -0.3 is 9.84 Å². The van der Waals surface area contributed by atoms with Crippen molar-refractivity contribution in [2.75, 3.05) is 11.2 Å². The summed E-state index contributed by atoms with van der Waals surface area (Å²) in [5, 5.41) is 8.49. The fourth-order valence-electron chi connectivity index (χ4n) is 4.29. The fraction of sp³-hybridized carbons (Fsp3) is 0.179. The minimum absolute atomic E-state index is 0.214. The molecule has 0 spiro atoms. The molecular weight excluding hydrogens is 472 g/mol. The van der Waals surface area contributed by atoms with Gasteiger partial charge in [0, 0.05) is 21.8 Å². The van der Waals surface area contributed by atoms with Gasteiger partial charge in [0.25, 0.3) is 5.89 Å². The molecule has 0 aliphatic carbocycles. The number of hydrogen-bond donors (Lipinski definition) is 1. The summed E-state index contributed by atoms with van der Waals surface area (Å²) in [4.78, 5) is 8.04. The maximum atomic E-state index is 5.88. The molecule has 5 nitrogen and oxygen atoms in total. The van der Waals surface area contributed by atoms with Gasteiger partial charge >= 0.3 is 0 Å². The van der Waals surface area contributed by atoms with Crippen molar-refractivity contribution in [2.45, 2.75) is 31.7 Å². The molecule has 0 radical (unpaired) electrons. The van der Waals surface area contributed by atoms with E-state index in [0.29, 0.717) is 16.8 Å². The van der Waals surface area contributed by atoms with E-state index in [1.807, 2.05) is 47.4 Å². The number of benzene rings is 3. The number of rotatable bonds is 5. The Morgan fingerprint density at radius 2 is 1.69 bits per heavy atom. The van der Waals surface area contributed by atoms with Crippen LogP contribution in [0.15, 0.2) is 87.9 Å². The van der Waals surface area contributed by atoms with E-state index in [4.69, 9.17) is 21.7 Å². The minimum Gasteiger partial charge on any atom is -0.351 e. The number of aryl methyl sites for hydroxylation is 2. The third-order valence-electron chi connectivity index (χ3n) is 6.37. The zero-order valence-electron chi connectivity index (χ0n) is 20.1. The second-order valence-electron chi connectivity index (χ2n) is 8.55. The molecule has 176 valence electrons. The van der Waals surface area contributed by atoms with Gasteiger partial charge in [-0.1, -0.05) is 41.6 Å². The zero-order chi connectivity index (χ0) is 24.5. The molecule has 1 N–H and O–H groups in total. The average Bonchev–Trinajstić information content (AvgIpc) is 3.36. The summed E-state index contributed by atoms with van der Waals surface area (Å²) in [5.74, 6) is 1.04. The highest BCUT2D eigenvalue weighted by molar-refractivity contribution is 7.98. The molecule has 5 rings (SSSR count). The Morgan fingerprint density at radius 3 is 2.37 bits per heavy atom. The molecule has 3 aromatic carbocycles. The van der Waals surface area contributed by atoms with E-state index in [0.717, 1.165) is 28.1 Å². The standard InChI is InChI=1S/C28H26N4OS2/c1-17-10-11-21(16-18(17)2)25-24(19(3)32(28(34)29-25)22-8-6-5-7-9-22)27-30-26(31-33-27)20-12-14-23(35-4)15-13-20/h5-16,25H,1-4H3,(H,29,34). The van der Waals surface area contributed by atoms with Crippen molar-refractivity contribution in [3.05, 3.63) is 101 Å². The van der Waals surface area contributed by atoms with Gasteiger partial charge in [-0.25, -0.2) is 0 Å². The maximum absolute atomic E-state index is 5.88. The second-order valence-corrected chi connectivity index (χ2v) is 9.81. The SMILES string of the molecule is CSc1ccc(-c2noc(C3=C(C)N(c4ccccc4)C(=S)NC3c3ccc(C)c(C)c3)n2)cc1. The van der Waals surface area contributed by atoms with Crippen LogP contribution >= 0.6 is 24.0 Å². The van der Waals surface area contributed by atoms with E-state index >= 15 is 0 Å². The lowest BCUT2D eigenvalue weighted by atomic mass is 9.92.